The zero-order valence-corrected chi connectivity index (χ0v) is 10.6. The van der Waals surface area contributed by atoms with E-state index in [2.05, 4.69) is 21.2 Å². The van der Waals surface area contributed by atoms with Crippen molar-refractivity contribution in [3.63, 3.8) is 0 Å². The number of hydrogen-bond acceptors (Lipinski definition) is 2. The van der Waals surface area contributed by atoms with E-state index in [-0.39, 0.29) is 16.9 Å². The Morgan fingerprint density at radius 3 is 2.50 bits per heavy atom. The van der Waals surface area contributed by atoms with Gasteiger partial charge in [0.15, 0.2) is 0 Å². The van der Waals surface area contributed by atoms with Gasteiger partial charge in [0.25, 0.3) is 0 Å². The number of nitrogens with one attached hydrogen (secondary N) is 1. The number of anilines is 2. The van der Waals surface area contributed by atoms with Crippen LogP contribution in [0, 0.1) is 23.0 Å². The van der Waals surface area contributed by atoms with Crippen molar-refractivity contribution >= 4 is 27.3 Å². The average Bonchev–Trinajstić information content (AvgIpc) is 2.35. The first-order chi connectivity index (χ1) is 8.61. The van der Waals surface area contributed by atoms with Gasteiger partial charge >= 0.3 is 0 Å². The molecular weight excluding hydrogens is 302 g/mol. The fourth-order valence-electron chi connectivity index (χ4n) is 1.44. The molecule has 0 amide bonds. The Morgan fingerprint density at radius 1 is 1.11 bits per heavy atom. The van der Waals surface area contributed by atoms with Gasteiger partial charge in [0.05, 0.1) is 23.0 Å². The van der Waals surface area contributed by atoms with Crippen LogP contribution in [-0.4, -0.2) is 0 Å². The van der Waals surface area contributed by atoms with Crippen LogP contribution >= 0.6 is 15.9 Å². The minimum atomic E-state index is -0.607. The van der Waals surface area contributed by atoms with E-state index >= 15 is 0 Å². The van der Waals surface area contributed by atoms with Gasteiger partial charge in [-0.15, -0.1) is 0 Å². The van der Waals surface area contributed by atoms with Crippen LogP contribution in [0.25, 0.3) is 0 Å². The minimum Gasteiger partial charge on any atom is -0.350 e. The van der Waals surface area contributed by atoms with E-state index in [0.717, 1.165) is 6.07 Å². The SMILES string of the molecule is N#Cc1ccc(Nc2c(F)cccc2Br)c(F)c1. The van der Waals surface area contributed by atoms with Crippen molar-refractivity contribution in [3.8, 4) is 6.07 Å². The lowest BCUT2D eigenvalue weighted by Gasteiger charge is -2.10. The van der Waals surface area contributed by atoms with Crippen molar-refractivity contribution < 1.29 is 8.78 Å². The van der Waals surface area contributed by atoms with Crippen LogP contribution in [0.5, 0.6) is 0 Å². The number of benzene rings is 2. The Balaban J connectivity index is 2.38. The molecule has 90 valence electrons. The van der Waals surface area contributed by atoms with E-state index in [4.69, 9.17) is 5.26 Å². The van der Waals surface area contributed by atoms with Gasteiger partial charge in [0.2, 0.25) is 0 Å². The first-order valence-corrected chi connectivity index (χ1v) is 5.82. The Bertz CT molecular complexity index is 615. The summed E-state index contributed by atoms with van der Waals surface area (Å²) in [6.45, 7) is 0. The van der Waals surface area contributed by atoms with Crippen molar-refractivity contribution in [2.45, 2.75) is 0 Å². The minimum absolute atomic E-state index is 0.111. The van der Waals surface area contributed by atoms with Gasteiger partial charge in [-0.05, 0) is 46.3 Å². The molecule has 0 spiro atoms. The lowest BCUT2D eigenvalue weighted by atomic mass is 10.2. The summed E-state index contributed by atoms with van der Waals surface area (Å²) in [5.74, 6) is -1.10. The molecule has 2 aromatic carbocycles. The molecule has 18 heavy (non-hydrogen) atoms. The highest BCUT2D eigenvalue weighted by Gasteiger charge is 2.09. The Hall–Kier alpha value is -1.93. The Morgan fingerprint density at radius 2 is 1.89 bits per heavy atom. The highest BCUT2D eigenvalue weighted by Crippen LogP contribution is 2.29. The predicted octanol–water partition coefficient (Wildman–Crippen LogP) is 4.34. The summed E-state index contributed by atoms with van der Waals surface area (Å²) in [6.07, 6.45) is 0. The Kier molecular flexibility index (Phi) is 3.58. The molecule has 0 aliphatic rings. The molecule has 2 nitrogen and oxygen atoms in total. The first-order valence-electron chi connectivity index (χ1n) is 5.02. The molecule has 0 aliphatic carbocycles. The maximum absolute atomic E-state index is 13.6. The molecule has 0 aliphatic heterocycles. The Labute approximate surface area is 111 Å². The third-order valence-electron chi connectivity index (χ3n) is 2.32. The molecule has 0 saturated heterocycles. The zero-order valence-electron chi connectivity index (χ0n) is 9.05. The van der Waals surface area contributed by atoms with Crippen molar-refractivity contribution in [1.82, 2.24) is 0 Å². The lowest BCUT2D eigenvalue weighted by Crippen LogP contribution is -1.97. The molecule has 5 heteroatoms. The van der Waals surface area contributed by atoms with E-state index in [9.17, 15) is 8.78 Å². The summed E-state index contributed by atoms with van der Waals surface area (Å²) in [5.41, 5.74) is 0.478. The van der Waals surface area contributed by atoms with Gasteiger partial charge < -0.3 is 5.32 Å². The number of hydrogen-bond donors (Lipinski definition) is 1. The number of nitrogens with zero attached hydrogens (tertiary/aromatic N) is 1. The summed E-state index contributed by atoms with van der Waals surface area (Å²) in [7, 11) is 0. The van der Waals surface area contributed by atoms with Crippen molar-refractivity contribution in [2.24, 2.45) is 0 Å². The van der Waals surface area contributed by atoms with Gasteiger partial charge in [0.1, 0.15) is 11.6 Å². The van der Waals surface area contributed by atoms with Crippen LogP contribution < -0.4 is 5.32 Å². The highest BCUT2D eigenvalue weighted by molar-refractivity contribution is 9.10. The molecule has 2 rings (SSSR count). The number of para-hydroxylation sites is 1. The number of nitriles is 1. The van der Waals surface area contributed by atoms with Gasteiger partial charge in [-0.1, -0.05) is 6.07 Å². The van der Waals surface area contributed by atoms with Crippen LogP contribution in [0.3, 0.4) is 0 Å². The van der Waals surface area contributed by atoms with E-state index in [1.54, 1.807) is 12.1 Å². The molecule has 0 heterocycles. The standard InChI is InChI=1S/C13H7BrF2N2/c14-9-2-1-3-10(15)13(9)18-12-5-4-8(7-17)6-11(12)16/h1-6,18H. The highest BCUT2D eigenvalue weighted by atomic mass is 79.9. The molecule has 0 aromatic heterocycles. The third kappa shape index (κ3) is 2.49. The second-order valence-electron chi connectivity index (χ2n) is 3.53. The second-order valence-corrected chi connectivity index (χ2v) is 4.38. The van der Waals surface area contributed by atoms with Crippen molar-refractivity contribution in [2.75, 3.05) is 5.32 Å². The molecule has 1 N–H and O–H groups in total. The maximum atomic E-state index is 13.6. The normalized spacial score (nSPS) is 9.89. The molecule has 0 bridgehead atoms. The molecule has 0 radical (unpaired) electrons. The summed E-state index contributed by atoms with van der Waals surface area (Å²) < 4.78 is 27.7. The summed E-state index contributed by atoms with van der Waals surface area (Å²) in [6, 6.07) is 10.2. The van der Waals surface area contributed by atoms with E-state index in [1.165, 1.54) is 18.2 Å². The van der Waals surface area contributed by atoms with Gasteiger partial charge in [-0.25, -0.2) is 8.78 Å². The largest absolute Gasteiger partial charge is 0.350 e. The first kappa shape index (κ1) is 12.5. The van der Waals surface area contributed by atoms with Crippen LogP contribution in [0.4, 0.5) is 20.2 Å². The van der Waals surface area contributed by atoms with Crippen LogP contribution in [-0.2, 0) is 0 Å². The maximum Gasteiger partial charge on any atom is 0.147 e. The summed E-state index contributed by atoms with van der Waals surface area (Å²) in [5, 5.41) is 11.3. The summed E-state index contributed by atoms with van der Waals surface area (Å²) in [4.78, 5) is 0. The number of halogens is 3. The third-order valence-corrected chi connectivity index (χ3v) is 2.98. The molecule has 2 aromatic rings. The monoisotopic (exact) mass is 308 g/mol. The van der Waals surface area contributed by atoms with E-state index < -0.39 is 11.6 Å². The summed E-state index contributed by atoms with van der Waals surface area (Å²) >= 11 is 3.18. The van der Waals surface area contributed by atoms with Gasteiger partial charge in [-0.2, -0.15) is 5.26 Å². The lowest BCUT2D eigenvalue weighted by molar-refractivity contribution is 0.625. The average molecular weight is 309 g/mol. The van der Waals surface area contributed by atoms with Crippen molar-refractivity contribution in [3.05, 3.63) is 58.1 Å². The van der Waals surface area contributed by atoms with Gasteiger partial charge in [-0.3, -0.25) is 0 Å². The van der Waals surface area contributed by atoms with Crippen LogP contribution in [0.1, 0.15) is 5.56 Å². The van der Waals surface area contributed by atoms with Crippen LogP contribution in [0.2, 0.25) is 0 Å². The fraction of sp³-hybridized carbons (Fsp3) is 0. The smallest absolute Gasteiger partial charge is 0.147 e. The topological polar surface area (TPSA) is 35.8 Å². The molecule has 0 saturated carbocycles. The molecular formula is C13H7BrF2N2. The van der Waals surface area contributed by atoms with Crippen molar-refractivity contribution in [1.29, 1.82) is 5.26 Å². The fourth-order valence-corrected chi connectivity index (χ4v) is 1.88. The van der Waals surface area contributed by atoms with E-state index in [0.29, 0.717) is 4.47 Å². The second kappa shape index (κ2) is 5.15. The molecule has 0 atom stereocenters. The number of rotatable bonds is 2. The van der Waals surface area contributed by atoms with Crippen LogP contribution in [0.15, 0.2) is 40.9 Å². The molecule has 0 fully saturated rings. The van der Waals surface area contributed by atoms with Gasteiger partial charge in [0, 0.05) is 4.47 Å². The van der Waals surface area contributed by atoms with E-state index in [1.807, 2.05) is 6.07 Å². The predicted molar refractivity (Wildman–Crippen MR) is 68.5 cm³/mol. The zero-order chi connectivity index (χ0) is 13.1. The molecule has 0 unspecified atom stereocenters. The quantitative estimate of drug-likeness (QED) is 0.895.